The number of carbonyl (C=O) groups excluding carboxylic acids is 1. The zero-order chi connectivity index (χ0) is 18.8. The number of carbonyl (C=O) groups is 1. The number of hydrogen-bond acceptors (Lipinski definition) is 6. The van der Waals surface area contributed by atoms with Gasteiger partial charge in [0, 0.05) is 23.1 Å². The van der Waals surface area contributed by atoms with Crippen molar-refractivity contribution >= 4 is 34.1 Å². The first-order valence-corrected chi connectivity index (χ1v) is 9.74. The molecule has 3 aromatic heterocycles. The SMILES string of the molecule is CCCNc1nc(-c2cccc(C(C)=O)c2)nc2c1ncn2-c1ccsc1. The van der Waals surface area contributed by atoms with Gasteiger partial charge in [0.1, 0.15) is 6.33 Å². The lowest BCUT2D eigenvalue weighted by Crippen LogP contribution is -2.06. The fourth-order valence-electron chi connectivity index (χ4n) is 2.86. The zero-order valence-corrected chi connectivity index (χ0v) is 16.0. The van der Waals surface area contributed by atoms with Crippen LogP contribution in [0.2, 0.25) is 0 Å². The Morgan fingerprint density at radius 2 is 2.15 bits per heavy atom. The number of nitrogens with one attached hydrogen (secondary N) is 1. The van der Waals surface area contributed by atoms with Crippen molar-refractivity contribution in [1.29, 1.82) is 0 Å². The highest BCUT2D eigenvalue weighted by Crippen LogP contribution is 2.27. The number of hydrogen-bond donors (Lipinski definition) is 1. The highest BCUT2D eigenvalue weighted by atomic mass is 32.1. The van der Waals surface area contributed by atoms with Gasteiger partial charge in [0.2, 0.25) is 0 Å². The van der Waals surface area contributed by atoms with Crippen LogP contribution in [0.25, 0.3) is 28.2 Å². The van der Waals surface area contributed by atoms with Crippen LogP contribution < -0.4 is 5.32 Å². The Balaban J connectivity index is 1.91. The summed E-state index contributed by atoms with van der Waals surface area (Å²) in [6, 6.07) is 9.44. The highest BCUT2D eigenvalue weighted by molar-refractivity contribution is 7.08. The lowest BCUT2D eigenvalue weighted by molar-refractivity contribution is 0.101. The first kappa shape index (κ1) is 17.4. The van der Waals surface area contributed by atoms with Crippen molar-refractivity contribution in [3.63, 3.8) is 0 Å². The van der Waals surface area contributed by atoms with E-state index in [0.717, 1.165) is 35.4 Å². The Kier molecular flexibility index (Phi) is 4.68. The normalized spacial score (nSPS) is 11.0. The molecular formula is C20H19N5OS. The lowest BCUT2D eigenvalue weighted by Gasteiger charge is -2.09. The van der Waals surface area contributed by atoms with Crippen LogP contribution in [0.4, 0.5) is 5.82 Å². The predicted molar refractivity (Wildman–Crippen MR) is 109 cm³/mol. The summed E-state index contributed by atoms with van der Waals surface area (Å²) in [5.41, 5.74) is 3.95. The number of thiophene rings is 1. The number of aromatic nitrogens is 4. The molecule has 0 unspecified atom stereocenters. The van der Waals surface area contributed by atoms with Crippen LogP contribution in [0, 0.1) is 0 Å². The maximum Gasteiger partial charge on any atom is 0.170 e. The molecule has 0 aliphatic heterocycles. The van der Waals surface area contributed by atoms with Gasteiger partial charge in [-0.25, -0.2) is 15.0 Å². The number of anilines is 1. The highest BCUT2D eigenvalue weighted by Gasteiger charge is 2.16. The van der Waals surface area contributed by atoms with E-state index >= 15 is 0 Å². The molecule has 6 nitrogen and oxygen atoms in total. The van der Waals surface area contributed by atoms with Gasteiger partial charge in [-0.1, -0.05) is 25.1 Å². The van der Waals surface area contributed by atoms with Gasteiger partial charge in [0.15, 0.2) is 28.6 Å². The summed E-state index contributed by atoms with van der Waals surface area (Å²) in [5.74, 6) is 1.30. The number of rotatable bonds is 6. The maximum absolute atomic E-state index is 11.8. The first-order chi connectivity index (χ1) is 13.2. The van der Waals surface area contributed by atoms with Gasteiger partial charge in [-0.05, 0) is 30.9 Å². The average Bonchev–Trinajstić information content (AvgIpc) is 3.35. The van der Waals surface area contributed by atoms with Crippen molar-refractivity contribution in [1.82, 2.24) is 19.5 Å². The molecule has 1 N–H and O–H groups in total. The summed E-state index contributed by atoms with van der Waals surface area (Å²) < 4.78 is 1.96. The second-order valence-corrected chi connectivity index (χ2v) is 7.01. The van der Waals surface area contributed by atoms with E-state index in [4.69, 9.17) is 9.97 Å². The summed E-state index contributed by atoms with van der Waals surface area (Å²) in [6.45, 7) is 4.46. The topological polar surface area (TPSA) is 72.7 Å². The fourth-order valence-corrected chi connectivity index (χ4v) is 3.48. The summed E-state index contributed by atoms with van der Waals surface area (Å²) in [5, 5.41) is 7.43. The van der Waals surface area contributed by atoms with Crippen molar-refractivity contribution < 1.29 is 4.79 Å². The fraction of sp³-hybridized carbons (Fsp3) is 0.200. The third-order valence-corrected chi connectivity index (χ3v) is 4.92. The molecule has 27 heavy (non-hydrogen) atoms. The molecule has 136 valence electrons. The van der Waals surface area contributed by atoms with Gasteiger partial charge in [-0.2, -0.15) is 11.3 Å². The van der Waals surface area contributed by atoms with Gasteiger partial charge in [-0.3, -0.25) is 9.36 Å². The Morgan fingerprint density at radius 3 is 2.89 bits per heavy atom. The molecular weight excluding hydrogens is 358 g/mol. The minimum absolute atomic E-state index is 0.0191. The van der Waals surface area contributed by atoms with Crippen LogP contribution in [0.1, 0.15) is 30.6 Å². The largest absolute Gasteiger partial charge is 0.368 e. The van der Waals surface area contributed by atoms with E-state index in [1.807, 2.05) is 34.2 Å². The Hall–Kier alpha value is -3.06. The van der Waals surface area contributed by atoms with E-state index in [-0.39, 0.29) is 5.78 Å². The van der Waals surface area contributed by atoms with E-state index in [1.54, 1.807) is 30.7 Å². The molecule has 0 aliphatic rings. The summed E-state index contributed by atoms with van der Waals surface area (Å²) in [7, 11) is 0. The standard InChI is InChI=1S/C20H19N5OS/c1-3-8-21-19-17-20(25(12-22-17)16-7-9-27-11-16)24-18(23-19)15-6-4-5-14(10-15)13(2)26/h4-7,9-12H,3,8H2,1-2H3,(H,21,23,24). The van der Waals surface area contributed by atoms with E-state index in [1.165, 1.54) is 0 Å². The number of benzene rings is 1. The minimum Gasteiger partial charge on any atom is -0.368 e. The molecule has 0 amide bonds. The lowest BCUT2D eigenvalue weighted by atomic mass is 10.1. The summed E-state index contributed by atoms with van der Waals surface area (Å²) in [6.07, 6.45) is 2.75. The van der Waals surface area contributed by atoms with Crippen LogP contribution in [0.3, 0.4) is 0 Å². The monoisotopic (exact) mass is 377 g/mol. The average molecular weight is 377 g/mol. The molecule has 3 heterocycles. The molecule has 0 aliphatic carbocycles. The summed E-state index contributed by atoms with van der Waals surface area (Å²) >= 11 is 1.63. The zero-order valence-electron chi connectivity index (χ0n) is 15.1. The van der Waals surface area contributed by atoms with Gasteiger partial charge in [-0.15, -0.1) is 0 Å². The quantitative estimate of drug-likeness (QED) is 0.498. The second kappa shape index (κ2) is 7.28. The molecule has 0 bridgehead atoms. The van der Waals surface area contributed by atoms with Crippen molar-refractivity contribution in [3.05, 3.63) is 53.0 Å². The molecule has 0 atom stereocenters. The second-order valence-electron chi connectivity index (χ2n) is 6.23. The molecule has 0 saturated heterocycles. The molecule has 0 saturated carbocycles. The van der Waals surface area contributed by atoms with Crippen molar-refractivity contribution in [2.24, 2.45) is 0 Å². The van der Waals surface area contributed by atoms with Gasteiger partial charge < -0.3 is 5.32 Å². The molecule has 4 rings (SSSR count). The smallest absolute Gasteiger partial charge is 0.170 e. The minimum atomic E-state index is 0.0191. The number of nitrogens with zero attached hydrogens (tertiary/aromatic N) is 4. The molecule has 0 radical (unpaired) electrons. The Labute approximate surface area is 160 Å². The number of fused-ring (bicyclic) bond motifs is 1. The number of ketones is 1. The van der Waals surface area contributed by atoms with Gasteiger partial charge in [0.05, 0.1) is 5.69 Å². The molecule has 0 spiro atoms. The molecule has 4 aromatic rings. The van der Waals surface area contributed by atoms with Crippen molar-refractivity contribution in [2.45, 2.75) is 20.3 Å². The summed E-state index contributed by atoms with van der Waals surface area (Å²) in [4.78, 5) is 25.8. The van der Waals surface area contributed by atoms with Crippen LogP contribution in [0.15, 0.2) is 47.4 Å². The maximum atomic E-state index is 11.8. The van der Waals surface area contributed by atoms with Crippen molar-refractivity contribution in [2.75, 3.05) is 11.9 Å². The molecule has 7 heteroatoms. The Morgan fingerprint density at radius 1 is 1.26 bits per heavy atom. The third-order valence-electron chi connectivity index (χ3n) is 4.25. The van der Waals surface area contributed by atoms with E-state index in [2.05, 4.69) is 22.6 Å². The Bertz CT molecular complexity index is 1100. The first-order valence-electron chi connectivity index (χ1n) is 8.80. The molecule has 0 fully saturated rings. The van der Waals surface area contributed by atoms with E-state index in [0.29, 0.717) is 17.2 Å². The predicted octanol–water partition coefficient (Wildman–Crippen LogP) is 4.57. The number of imidazole rings is 1. The molecule has 1 aromatic carbocycles. The van der Waals surface area contributed by atoms with Crippen molar-refractivity contribution in [3.8, 4) is 17.1 Å². The van der Waals surface area contributed by atoms with Gasteiger partial charge >= 0.3 is 0 Å². The van der Waals surface area contributed by atoms with E-state index < -0.39 is 0 Å². The van der Waals surface area contributed by atoms with E-state index in [9.17, 15) is 4.79 Å². The van der Waals surface area contributed by atoms with Crippen LogP contribution in [-0.4, -0.2) is 31.8 Å². The third kappa shape index (κ3) is 3.33. The van der Waals surface area contributed by atoms with Crippen LogP contribution >= 0.6 is 11.3 Å². The van der Waals surface area contributed by atoms with Gasteiger partial charge in [0.25, 0.3) is 0 Å². The van der Waals surface area contributed by atoms with Crippen LogP contribution in [0.5, 0.6) is 0 Å². The van der Waals surface area contributed by atoms with Crippen LogP contribution in [-0.2, 0) is 0 Å². The number of Topliss-reactive ketones (excluding diaryl/α,β-unsaturated/α-hetero) is 1.